The molecule has 0 aromatic heterocycles. The summed E-state index contributed by atoms with van der Waals surface area (Å²) in [6.45, 7) is -1.47. The Hall–Kier alpha value is -2.47. The number of rotatable bonds is 6. The number of aliphatic hydroxyl groups is 1. The Morgan fingerprint density at radius 1 is 1.12 bits per heavy atom. The standard InChI is InChI=1S/C20H21F2NO3/c21-20(22)26-18-7-5-17(6-8-18)19(25)23-10-9-16(12-23)11-14-1-3-15(13-24)4-2-14/h1-8,16,20,24H,9-13H2/t16-/m1/s1. The molecule has 3 rings (SSSR count). The van der Waals surface area contributed by atoms with E-state index in [4.69, 9.17) is 5.11 Å². The summed E-state index contributed by atoms with van der Waals surface area (Å²) in [4.78, 5) is 14.4. The fourth-order valence-corrected chi connectivity index (χ4v) is 3.26. The van der Waals surface area contributed by atoms with Gasteiger partial charge in [0.05, 0.1) is 6.61 Å². The van der Waals surface area contributed by atoms with Gasteiger partial charge in [-0.25, -0.2) is 0 Å². The van der Waals surface area contributed by atoms with E-state index in [0.29, 0.717) is 24.6 Å². The summed E-state index contributed by atoms with van der Waals surface area (Å²) >= 11 is 0. The second-order valence-electron chi connectivity index (χ2n) is 6.49. The van der Waals surface area contributed by atoms with Crippen LogP contribution in [0.1, 0.15) is 27.9 Å². The number of carbonyl (C=O) groups excluding carboxylic acids is 1. The molecule has 0 aliphatic carbocycles. The molecule has 0 unspecified atom stereocenters. The molecule has 1 aliphatic heterocycles. The molecule has 138 valence electrons. The Morgan fingerprint density at radius 3 is 2.38 bits per heavy atom. The summed E-state index contributed by atoms with van der Waals surface area (Å²) < 4.78 is 28.7. The normalized spacial score (nSPS) is 16.9. The van der Waals surface area contributed by atoms with Gasteiger partial charge in [-0.3, -0.25) is 4.79 Å². The summed E-state index contributed by atoms with van der Waals surface area (Å²) in [6, 6.07) is 13.6. The maximum Gasteiger partial charge on any atom is 0.387 e. The summed E-state index contributed by atoms with van der Waals surface area (Å²) in [7, 11) is 0. The zero-order valence-electron chi connectivity index (χ0n) is 14.3. The summed E-state index contributed by atoms with van der Waals surface area (Å²) in [5.41, 5.74) is 2.55. The van der Waals surface area contributed by atoms with Crippen LogP contribution in [-0.4, -0.2) is 35.6 Å². The van der Waals surface area contributed by atoms with Gasteiger partial charge in [-0.2, -0.15) is 8.78 Å². The van der Waals surface area contributed by atoms with Crippen molar-refractivity contribution in [3.05, 3.63) is 65.2 Å². The highest BCUT2D eigenvalue weighted by molar-refractivity contribution is 5.94. The SMILES string of the molecule is O=C(c1ccc(OC(F)F)cc1)N1CC[C@H](Cc2ccc(CO)cc2)C1. The molecule has 0 bridgehead atoms. The molecule has 0 saturated carbocycles. The van der Waals surface area contributed by atoms with Crippen molar-refractivity contribution >= 4 is 5.91 Å². The molecular weight excluding hydrogens is 340 g/mol. The number of ether oxygens (including phenoxy) is 1. The molecule has 6 heteroatoms. The van der Waals surface area contributed by atoms with Crippen molar-refractivity contribution < 1.29 is 23.4 Å². The van der Waals surface area contributed by atoms with Crippen LogP contribution in [-0.2, 0) is 13.0 Å². The van der Waals surface area contributed by atoms with E-state index < -0.39 is 6.61 Å². The molecule has 1 saturated heterocycles. The lowest BCUT2D eigenvalue weighted by atomic mass is 9.98. The molecule has 1 N–H and O–H groups in total. The number of alkyl halides is 2. The first-order chi connectivity index (χ1) is 12.5. The lowest BCUT2D eigenvalue weighted by Gasteiger charge is -2.17. The van der Waals surface area contributed by atoms with Gasteiger partial charge in [0.25, 0.3) is 5.91 Å². The van der Waals surface area contributed by atoms with Crippen LogP contribution in [0.15, 0.2) is 48.5 Å². The number of nitrogens with zero attached hydrogens (tertiary/aromatic N) is 1. The Balaban J connectivity index is 1.56. The number of aliphatic hydroxyl groups excluding tert-OH is 1. The third-order valence-electron chi connectivity index (χ3n) is 4.63. The van der Waals surface area contributed by atoms with Gasteiger partial charge in [0.2, 0.25) is 0 Å². The Labute approximate surface area is 151 Å². The van der Waals surface area contributed by atoms with Crippen LogP contribution in [0.4, 0.5) is 8.78 Å². The van der Waals surface area contributed by atoms with Crippen molar-refractivity contribution in [1.82, 2.24) is 4.90 Å². The van der Waals surface area contributed by atoms with E-state index in [1.165, 1.54) is 29.8 Å². The van der Waals surface area contributed by atoms with Crippen LogP contribution in [0.5, 0.6) is 5.75 Å². The van der Waals surface area contributed by atoms with Gasteiger partial charge in [0, 0.05) is 18.7 Å². The number of carbonyl (C=O) groups is 1. The lowest BCUT2D eigenvalue weighted by molar-refractivity contribution is -0.0498. The first kappa shape index (κ1) is 18.3. The molecular formula is C20H21F2NO3. The first-order valence-electron chi connectivity index (χ1n) is 8.58. The van der Waals surface area contributed by atoms with Crippen LogP contribution in [0.2, 0.25) is 0 Å². The van der Waals surface area contributed by atoms with Gasteiger partial charge in [-0.05, 0) is 54.2 Å². The molecule has 2 aromatic rings. The van der Waals surface area contributed by atoms with Crippen molar-refractivity contribution in [2.75, 3.05) is 13.1 Å². The van der Waals surface area contributed by atoms with Crippen molar-refractivity contribution in [2.24, 2.45) is 5.92 Å². The third-order valence-corrected chi connectivity index (χ3v) is 4.63. The van der Waals surface area contributed by atoms with Crippen molar-refractivity contribution in [3.8, 4) is 5.75 Å². The number of likely N-dealkylation sites (tertiary alicyclic amines) is 1. The molecule has 1 atom stereocenters. The molecule has 2 aromatic carbocycles. The second kappa shape index (κ2) is 8.27. The highest BCUT2D eigenvalue weighted by Gasteiger charge is 2.27. The summed E-state index contributed by atoms with van der Waals surface area (Å²) in [5, 5.41) is 9.09. The molecule has 1 amide bonds. The molecule has 1 heterocycles. The molecule has 26 heavy (non-hydrogen) atoms. The maximum absolute atomic E-state index is 12.6. The zero-order valence-corrected chi connectivity index (χ0v) is 14.3. The molecule has 4 nitrogen and oxygen atoms in total. The van der Waals surface area contributed by atoms with Gasteiger partial charge in [0.1, 0.15) is 5.75 Å². The van der Waals surface area contributed by atoms with E-state index >= 15 is 0 Å². The van der Waals surface area contributed by atoms with Gasteiger partial charge in [0.15, 0.2) is 0 Å². The fraction of sp³-hybridized carbons (Fsp3) is 0.350. The van der Waals surface area contributed by atoms with Crippen molar-refractivity contribution in [3.63, 3.8) is 0 Å². The smallest absolute Gasteiger partial charge is 0.387 e. The molecule has 0 spiro atoms. The van der Waals surface area contributed by atoms with Gasteiger partial charge >= 0.3 is 6.61 Å². The predicted octanol–water partition coefficient (Wildman–Crippen LogP) is 3.49. The molecule has 0 radical (unpaired) electrons. The minimum absolute atomic E-state index is 0.0349. The fourth-order valence-electron chi connectivity index (χ4n) is 3.26. The quantitative estimate of drug-likeness (QED) is 0.857. The van der Waals surface area contributed by atoms with E-state index in [-0.39, 0.29) is 18.3 Å². The van der Waals surface area contributed by atoms with Gasteiger partial charge in [-0.15, -0.1) is 0 Å². The van der Waals surface area contributed by atoms with Gasteiger partial charge in [-0.1, -0.05) is 24.3 Å². The van der Waals surface area contributed by atoms with Crippen LogP contribution >= 0.6 is 0 Å². The number of hydrogen-bond donors (Lipinski definition) is 1. The minimum atomic E-state index is -2.87. The highest BCUT2D eigenvalue weighted by atomic mass is 19.3. The average Bonchev–Trinajstić information content (AvgIpc) is 3.10. The topological polar surface area (TPSA) is 49.8 Å². The molecule has 1 fully saturated rings. The number of halogens is 2. The minimum Gasteiger partial charge on any atom is -0.435 e. The second-order valence-corrected chi connectivity index (χ2v) is 6.49. The highest BCUT2D eigenvalue weighted by Crippen LogP contribution is 2.24. The van der Waals surface area contributed by atoms with E-state index in [0.717, 1.165) is 18.4 Å². The molecule has 1 aliphatic rings. The van der Waals surface area contributed by atoms with Crippen LogP contribution in [0.3, 0.4) is 0 Å². The van der Waals surface area contributed by atoms with Crippen LogP contribution in [0, 0.1) is 5.92 Å². The van der Waals surface area contributed by atoms with Crippen LogP contribution in [0.25, 0.3) is 0 Å². The first-order valence-corrected chi connectivity index (χ1v) is 8.58. The monoisotopic (exact) mass is 361 g/mol. The van der Waals surface area contributed by atoms with E-state index in [2.05, 4.69) is 4.74 Å². The van der Waals surface area contributed by atoms with Crippen molar-refractivity contribution in [2.45, 2.75) is 26.1 Å². The third kappa shape index (κ3) is 4.58. The largest absolute Gasteiger partial charge is 0.435 e. The van der Waals surface area contributed by atoms with E-state index in [9.17, 15) is 13.6 Å². The Morgan fingerprint density at radius 2 is 1.77 bits per heavy atom. The van der Waals surface area contributed by atoms with E-state index in [1.54, 1.807) is 4.90 Å². The Kier molecular flexibility index (Phi) is 5.83. The maximum atomic E-state index is 12.6. The van der Waals surface area contributed by atoms with Crippen LogP contribution < -0.4 is 4.74 Å². The lowest BCUT2D eigenvalue weighted by Crippen LogP contribution is -2.28. The van der Waals surface area contributed by atoms with Gasteiger partial charge < -0.3 is 14.7 Å². The summed E-state index contributed by atoms with van der Waals surface area (Å²) in [6.07, 6.45) is 1.82. The van der Waals surface area contributed by atoms with Crippen molar-refractivity contribution in [1.29, 1.82) is 0 Å². The number of amides is 1. The predicted molar refractivity (Wildman–Crippen MR) is 93.2 cm³/mol. The Bertz CT molecular complexity index is 732. The van der Waals surface area contributed by atoms with E-state index in [1.807, 2.05) is 24.3 Å². The number of benzene rings is 2. The average molecular weight is 361 g/mol. The number of hydrogen-bond acceptors (Lipinski definition) is 3. The summed E-state index contributed by atoms with van der Waals surface area (Å²) in [5.74, 6) is 0.342. The zero-order chi connectivity index (χ0) is 18.5.